The number of ether oxygens (including phenoxy) is 3. The number of aromatic nitrogens is 2. The van der Waals surface area contributed by atoms with Gasteiger partial charge in [0, 0.05) is 30.8 Å². The van der Waals surface area contributed by atoms with Gasteiger partial charge in [-0.2, -0.15) is 0 Å². The zero-order chi connectivity index (χ0) is 21.2. The topological polar surface area (TPSA) is 85.8 Å². The van der Waals surface area contributed by atoms with Crippen LogP contribution in [-0.4, -0.2) is 42.4 Å². The number of hydrogen-bond donors (Lipinski definition) is 1. The van der Waals surface area contributed by atoms with E-state index in [0.29, 0.717) is 37.1 Å². The molecule has 2 aliphatic rings. The lowest BCUT2D eigenvalue weighted by Crippen LogP contribution is -2.38. The van der Waals surface area contributed by atoms with Crippen molar-refractivity contribution in [1.82, 2.24) is 9.97 Å². The van der Waals surface area contributed by atoms with Crippen molar-refractivity contribution < 1.29 is 19.0 Å². The van der Waals surface area contributed by atoms with Gasteiger partial charge >= 0.3 is 0 Å². The van der Waals surface area contributed by atoms with Gasteiger partial charge in [-0.25, -0.2) is 9.97 Å². The fourth-order valence-electron chi connectivity index (χ4n) is 3.99. The number of benzene rings is 2. The summed E-state index contributed by atoms with van der Waals surface area (Å²) in [5.41, 5.74) is 2.37. The van der Waals surface area contributed by atoms with E-state index in [0.717, 1.165) is 35.4 Å². The van der Waals surface area contributed by atoms with E-state index < -0.39 is 0 Å². The van der Waals surface area contributed by atoms with Gasteiger partial charge in [-0.3, -0.25) is 4.79 Å². The van der Waals surface area contributed by atoms with Crippen LogP contribution in [0.3, 0.4) is 0 Å². The Balaban J connectivity index is 1.27. The van der Waals surface area contributed by atoms with Gasteiger partial charge in [0.25, 0.3) is 5.88 Å². The summed E-state index contributed by atoms with van der Waals surface area (Å²) in [7, 11) is 0. The van der Waals surface area contributed by atoms with Crippen LogP contribution in [0.2, 0.25) is 0 Å². The van der Waals surface area contributed by atoms with Crippen molar-refractivity contribution in [3.8, 4) is 17.4 Å². The molecule has 31 heavy (non-hydrogen) atoms. The third-order valence-electron chi connectivity index (χ3n) is 5.61. The summed E-state index contributed by atoms with van der Waals surface area (Å²) >= 11 is 0. The first-order valence-electron chi connectivity index (χ1n) is 10.6. The molecule has 0 radical (unpaired) electrons. The van der Waals surface area contributed by atoms with E-state index in [1.165, 1.54) is 0 Å². The van der Waals surface area contributed by atoms with E-state index >= 15 is 0 Å². The van der Waals surface area contributed by atoms with Crippen LogP contribution in [0.1, 0.15) is 19.8 Å². The maximum absolute atomic E-state index is 12.8. The number of nitrogens with zero attached hydrogens (tertiary/aromatic N) is 3. The number of nitrogens with one attached hydrogen (secondary N) is 1. The minimum atomic E-state index is -0.0642. The Morgan fingerprint density at radius 2 is 1.84 bits per heavy atom. The predicted molar refractivity (Wildman–Crippen MR) is 117 cm³/mol. The molecule has 0 unspecified atom stereocenters. The highest BCUT2D eigenvalue weighted by molar-refractivity contribution is 5.93. The average Bonchev–Trinajstić information content (AvgIpc) is 3.27. The predicted octanol–water partition coefficient (Wildman–Crippen LogP) is 3.61. The van der Waals surface area contributed by atoms with Crippen molar-refractivity contribution in [2.75, 3.05) is 36.7 Å². The number of anilines is 2. The van der Waals surface area contributed by atoms with E-state index in [2.05, 4.69) is 15.2 Å². The summed E-state index contributed by atoms with van der Waals surface area (Å²) in [6, 6.07) is 13.2. The van der Waals surface area contributed by atoms with Gasteiger partial charge in [-0.05, 0) is 44.0 Å². The second-order valence-corrected chi connectivity index (χ2v) is 7.59. The Labute approximate surface area is 180 Å². The summed E-state index contributed by atoms with van der Waals surface area (Å²) in [6.45, 7) is 4.10. The van der Waals surface area contributed by atoms with E-state index in [1.54, 1.807) is 6.07 Å². The van der Waals surface area contributed by atoms with Gasteiger partial charge in [-0.1, -0.05) is 12.1 Å². The molecule has 1 aromatic heterocycles. The van der Waals surface area contributed by atoms with Gasteiger partial charge in [0.2, 0.25) is 12.7 Å². The van der Waals surface area contributed by atoms with E-state index in [4.69, 9.17) is 19.2 Å². The summed E-state index contributed by atoms with van der Waals surface area (Å²) in [5, 5.41) is 3.01. The number of carbonyl (C=O) groups is 1. The first-order chi connectivity index (χ1) is 15.2. The number of amides is 1. The molecule has 1 N–H and O–H groups in total. The van der Waals surface area contributed by atoms with Crippen LogP contribution in [-0.2, 0) is 4.79 Å². The minimum Gasteiger partial charge on any atom is -0.475 e. The monoisotopic (exact) mass is 420 g/mol. The number of carbonyl (C=O) groups excluding carboxylic acids is 1. The second-order valence-electron chi connectivity index (χ2n) is 7.59. The van der Waals surface area contributed by atoms with Crippen molar-refractivity contribution in [1.29, 1.82) is 0 Å². The molecule has 2 aromatic carbocycles. The molecule has 0 spiro atoms. The van der Waals surface area contributed by atoms with Crippen LogP contribution in [0.4, 0.5) is 11.5 Å². The molecule has 160 valence electrons. The summed E-state index contributed by atoms with van der Waals surface area (Å²) < 4.78 is 16.5. The van der Waals surface area contributed by atoms with Crippen LogP contribution in [0.15, 0.2) is 42.5 Å². The van der Waals surface area contributed by atoms with Gasteiger partial charge in [0.05, 0.1) is 17.6 Å². The lowest BCUT2D eigenvalue weighted by molar-refractivity contribution is -0.120. The van der Waals surface area contributed by atoms with Crippen LogP contribution in [0.25, 0.3) is 11.0 Å². The maximum atomic E-state index is 12.8. The van der Waals surface area contributed by atoms with E-state index in [-0.39, 0.29) is 18.6 Å². The van der Waals surface area contributed by atoms with Crippen molar-refractivity contribution >= 4 is 28.4 Å². The summed E-state index contributed by atoms with van der Waals surface area (Å²) in [5.74, 6) is 2.61. The fraction of sp³-hybridized carbons (Fsp3) is 0.348. The van der Waals surface area contributed by atoms with Crippen LogP contribution in [0.5, 0.6) is 17.4 Å². The molecule has 0 bridgehead atoms. The molecule has 1 amide bonds. The van der Waals surface area contributed by atoms with E-state index in [1.807, 2.05) is 43.3 Å². The third kappa shape index (κ3) is 3.93. The van der Waals surface area contributed by atoms with E-state index in [9.17, 15) is 4.79 Å². The van der Waals surface area contributed by atoms with Crippen molar-refractivity contribution in [2.24, 2.45) is 5.92 Å². The molecule has 0 aliphatic carbocycles. The number of hydrogen-bond acceptors (Lipinski definition) is 7. The number of piperidine rings is 1. The Bertz CT molecular complexity index is 1110. The van der Waals surface area contributed by atoms with Gasteiger partial charge in [0.15, 0.2) is 17.3 Å². The summed E-state index contributed by atoms with van der Waals surface area (Å²) in [6.07, 6.45) is 1.47. The molecule has 3 aromatic rings. The van der Waals surface area contributed by atoms with Crippen molar-refractivity contribution in [3.05, 3.63) is 42.5 Å². The second kappa shape index (κ2) is 8.29. The van der Waals surface area contributed by atoms with Gasteiger partial charge in [-0.15, -0.1) is 0 Å². The molecule has 1 fully saturated rings. The minimum absolute atomic E-state index is 0.0214. The average molecular weight is 420 g/mol. The maximum Gasteiger partial charge on any atom is 0.258 e. The van der Waals surface area contributed by atoms with Crippen molar-refractivity contribution in [2.45, 2.75) is 19.8 Å². The molecular formula is C23H24N4O4. The Morgan fingerprint density at radius 1 is 1.10 bits per heavy atom. The zero-order valence-electron chi connectivity index (χ0n) is 17.3. The normalized spacial score (nSPS) is 15.8. The standard InChI is InChI=1S/C23H24N4O4/c1-2-29-23-21(25-17-5-3-4-6-18(17)26-23)27-11-9-15(10-12-27)22(28)24-16-7-8-19-20(13-16)31-14-30-19/h3-8,13,15H,2,9-12,14H2,1H3,(H,24,28). The SMILES string of the molecule is CCOc1nc2ccccc2nc1N1CCC(C(=O)Nc2ccc3c(c2)OCO3)CC1. The molecule has 8 heteroatoms. The van der Waals surface area contributed by atoms with Crippen LogP contribution in [0, 0.1) is 5.92 Å². The molecule has 2 aliphatic heterocycles. The van der Waals surface area contributed by atoms with Gasteiger partial charge in [0.1, 0.15) is 0 Å². The Morgan fingerprint density at radius 3 is 2.61 bits per heavy atom. The first kappa shape index (κ1) is 19.4. The Hall–Kier alpha value is -3.55. The largest absolute Gasteiger partial charge is 0.475 e. The first-order valence-corrected chi connectivity index (χ1v) is 10.6. The molecule has 8 nitrogen and oxygen atoms in total. The fourth-order valence-corrected chi connectivity index (χ4v) is 3.99. The van der Waals surface area contributed by atoms with Crippen LogP contribution >= 0.6 is 0 Å². The van der Waals surface area contributed by atoms with Gasteiger partial charge < -0.3 is 24.4 Å². The number of fused-ring (bicyclic) bond motifs is 2. The molecule has 5 rings (SSSR count). The molecule has 3 heterocycles. The highest BCUT2D eigenvalue weighted by atomic mass is 16.7. The third-order valence-corrected chi connectivity index (χ3v) is 5.61. The number of rotatable bonds is 5. The Kier molecular flexibility index (Phi) is 5.19. The van der Waals surface area contributed by atoms with Crippen LogP contribution < -0.4 is 24.4 Å². The molecule has 1 saturated heterocycles. The smallest absolute Gasteiger partial charge is 0.258 e. The lowest BCUT2D eigenvalue weighted by atomic mass is 9.95. The quantitative estimate of drug-likeness (QED) is 0.675. The summed E-state index contributed by atoms with van der Waals surface area (Å²) in [4.78, 5) is 24.4. The lowest BCUT2D eigenvalue weighted by Gasteiger charge is -2.32. The molecular weight excluding hydrogens is 396 g/mol. The molecule has 0 atom stereocenters. The molecule has 0 saturated carbocycles. The number of para-hydroxylation sites is 2. The zero-order valence-corrected chi connectivity index (χ0v) is 17.3. The highest BCUT2D eigenvalue weighted by Crippen LogP contribution is 2.35. The van der Waals surface area contributed by atoms with Crippen molar-refractivity contribution in [3.63, 3.8) is 0 Å². The highest BCUT2D eigenvalue weighted by Gasteiger charge is 2.28.